The van der Waals surface area contributed by atoms with Crippen molar-refractivity contribution < 1.29 is 13.2 Å². The molecule has 0 aliphatic heterocycles. The molecule has 0 bridgehead atoms. The quantitative estimate of drug-likeness (QED) is 0.795. The van der Waals surface area contributed by atoms with E-state index in [0.717, 1.165) is 12.0 Å². The van der Waals surface area contributed by atoms with E-state index in [1.54, 1.807) is 12.1 Å². The molecule has 0 fully saturated rings. The molecule has 0 saturated heterocycles. The molecule has 0 saturated carbocycles. The van der Waals surface area contributed by atoms with Crippen LogP contribution in [-0.4, -0.2) is 12.7 Å². The van der Waals surface area contributed by atoms with Crippen LogP contribution in [0.25, 0.3) is 0 Å². The molecule has 1 aromatic carbocycles. The summed E-state index contributed by atoms with van der Waals surface area (Å²) in [5, 5.41) is 2.31. The minimum Gasteiger partial charge on any atom is -0.376 e. The number of halogens is 3. The highest BCUT2D eigenvalue weighted by Crippen LogP contribution is 2.16. The van der Waals surface area contributed by atoms with E-state index < -0.39 is 12.7 Å². The van der Waals surface area contributed by atoms with Gasteiger partial charge in [0, 0.05) is 5.69 Å². The van der Waals surface area contributed by atoms with E-state index in [4.69, 9.17) is 0 Å². The lowest BCUT2D eigenvalue weighted by Crippen LogP contribution is -2.21. The molecule has 0 radical (unpaired) electrons. The zero-order valence-corrected chi connectivity index (χ0v) is 7.86. The second-order valence-electron chi connectivity index (χ2n) is 3.02. The summed E-state index contributed by atoms with van der Waals surface area (Å²) >= 11 is 0. The van der Waals surface area contributed by atoms with Gasteiger partial charge in [0.1, 0.15) is 6.54 Å². The van der Waals surface area contributed by atoms with Crippen LogP contribution in [-0.2, 0) is 6.42 Å². The lowest BCUT2D eigenvalue weighted by molar-refractivity contribution is -0.115. The third-order valence-corrected chi connectivity index (χ3v) is 1.86. The number of rotatable bonds is 3. The van der Waals surface area contributed by atoms with Crippen LogP contribution in [0.3, 0.4) is 0 Å². The van der Waals surface area contributed by atoms with Crippen LogP contribution in [0.2, 0.25) is 0 Å². The Morgan fingerprint density at radius 3 is 2.14 bits per heavy atom. The maximum absolute atomic E-state index is 11.8. The summed E-state index contributed by atoms with van der Waals surface area (Å²) in [5.41, 5.74) is 1.61. The fourth-order valence-corrected chi connectivity index (χ4v) is 1.06. The van der Waals surface area contributed by atoms with Gasteiger partial charge in [-0.2, -0.15) is 13.2 Å². The number of alkyl halides is 3. The van der Waals surface area contributed by atoms with E-state index in [2.05, 4.69) is 5.32 Å². The molecule has 0 amide bonds. The van der Waals surface area contributed by atoms with Crippen molar-refractivity contribution >= 4 is 5.69 Å². The summed E-state index contributed by atoms with van der Waals surface area (Å²) in [6.07, 6.45) is -3.27. The van der Waals surface area contributed by atoms with Gasteiger partial charge in [0.15, 0.2) is 0 Å². The van der Waals surface area contributed by atoms with Crippen LogP contribution in [0.4, 0.5) is 18.9 Å². The van der Waals surface area contributed by atoms with Crippen molar-refractivity contribution in [3.8, 4) is 0 Å². The Hall–Kier alpha value is -1.19. The Labute approximate surface area is 80.9 Å². The van der Waals surface area contributed by atoms with Crippen molar-refractivity contribution in [2.45, 2.75) is 19.5 Å². The van der Waals surface area contributed by atoms with Gasteiger partial charge in [-0.1, -0.05) is 19.1 Å². The minimum atomic E-state index is -4.16. The van der Waals surface area contributed by atoms with E-state index >= 15 is 0 Å². The van der Waals surface area contributed by atoms with Gasteiger partial charge in [-0.25, -0.2) is 0 Å². The minimum absolute atomic E-state index is 0.500. The van der Waals surface area contributed by atoms with E-state index in [1.165, 1.54) is 0 Å². The summed E-state index contributed by atoms with van der Waals surface area (Å²) < 4.78 is 35.5. The Balaban J connectivity index is 2.52. The van der Waals surface area contributed by atoms with E-state index in [0.29, 0.717) is 5.69 Å². The van der Waals surface area contributed by atoms with Crippen LogP contribution in [0.15, 0.2) is 24.3 Å². The molecule has 1 aromatic rings. The SMILES string of the molecule is CCc1ccc(NCC(F)(F)F)cc1. The number of benzene rings is 1. The molecule has 1 nitrogen and oxygen atoms in total. The van der Waals surface area contributed by atoms with Crippen LogP contribution in [0.5, 0.6) is 0 Å². The van der Waals surface area contributed by atoms with Gasteiger partial charge in [-0.3, -0.25) is 0 Å². The monoisotopic (exact) mass is 203 g/mol. The van der Waals surface area contributed by atoms with Crippen LogP contribution in [0, 0.1) is 0 Å². The van der Waals surface area contributed by atoms with E-state index in [-0.39, 0.29) is 0 Å². The summed E-state index contributed by atoms with van der Waals surface area (Å²) in [7, 11) is 0. The predicted octanol–water partition coefficient (Wildman–Crippen LogP) is 3.22. The highest BCUT2D eigenvalue weighted by molar-refractivity contribution is 5.44. The zero-order chi connectivity index (χ0) is 10.6. The molecule has 0 aliphatic carbocycles. The van der Waals surface area contributed by atoms with Crippen LogP contribution >= 0.6 is 0 Å². The highest BCUT2D eigenvalue weighted by Gasteiger charge is 2.26. The van der Waals surface area contributed by atoms with Gasteiger partial charge >= 0.3 is 6.18 Å². The first-order valence-corrected chi connectivity index (χ1v) is 4.41. The largest absolute Gasteiger partial charge is 0.405 e. The smallest absolute Gasteiger partial charge is 0.376 e. The maximum Gasteiger partial charge on any atom is 0.405 e. The first kappa shape index (κ1) is 10.9. The van der Waals surface area contributed by atoms with Crippen molar-refractivity contribution in [3.05, 3.63) is 29.8 Å². The number of nitrogens with one attached hydrogen (secondary N) is 1. The maximum atomic E-state index is 11.8. The third kappa shape index (κ3) is 3.68. The first-order chi connectivity index (χ1) is 6.51. The van der Waals surface area contributed by atoms with Crippen LogP contribution in [0.1, 0.15) is 12.5 Å². The fourth-order valence-electron chi connectivity index (χ4n) is 1.06. The van der Waals surface area contributed by atoms with Crippen molar-refractivity contribution in [2.75, 3.05) is 11.9 Å². The summed E-state index contributed by atoms with van der Waals surface area (Å²) in [5.74, 6) is 0. The van der Waals surface area contributed by atoms with E-state index in [1.807, 2.05) is 19.1 Å². The molecule has 1 N–H and O–H groups in total. The zero-order valence-electron chi connectivity index (χ0n) is 7.86. The lowest BCUT2D eigenvalue weighted by atomic mass is 10.1. The fraction of sp³-hybridized carbons (Fsp3) is 0.400. The molecule has 14 heavy (non-hydrogen) atoms. The van der Waals surface area contributed by atoms with Gasteiger partial charge in [0.2, 0.25) is 0 Å². The third-order valence-electron chi connectivity index (χ3n) is 1.86. The van der Waals surface area contributed by atoms with E-state index in [9.17, 15) is 13.2 Å². The van der Waals surface area contributed by atoms with Gasteiger partial charge < -0.3 is 5.32 Å². The average Bonchev–Trinajstić information content (AvgIpc) is 2.14. The van der Waals surface area contributed by atoms with Gasteiger partial charge in [0.25, 0.3) is 0 Å². The first-order valence-electron chi connectivity index (χ1n) is 4.41. The van der Waals surface area contributed by atoms with Crippen molar-refractivity contribution in [1.29, 1.82) is 0 Å². The van der Waals surface area contributed by atoms with Crippen LogP contribution < -0.4 is 5.32 Å². The highest BCUT2D eigenvalue weighted by atomic mass is 19.4. The van der Waals surface area contributed by atoms with Crippen molar-refractivity contribution in [2.24, 2.45) is 0 Å². The van der Waals surface area contributed by atoms with Gasteiger partial charge in [-0.05, 0) is 24.1 Å². The lowest BCUT2D eigenvalue weighted by Gasteiger charge is -2.09. The molecule has 1 rings (SSSR count). The standard InChI is InChI=1S/C10H12F3N/c1-2-8-3-5-9(6-4-8)14-7-10(11,12)13/h3-6,14H,2,7H2,1H3. The van der Waals surface area contributed by atoms with Crippen molar-refractivity contribution in [1.82, 2.24) is 0 Å². The molecular formula is C10H12F3N. The second kappa shape index (κ2) is 4.35. The Morgan fingerprint density at radius 2 is 1.71 bits per heavy atom. The molecule has 0 atom stereocenters. The van der Waals surface area contributed by atoms with Gasteiger partial charge in [0.05, 0.1) is 0 Å². The summed E-state index contributed by atoms with van der Waals surface area (Å²) in [6, 6.07) is 6.95. The molecule has 4 heteroatoms. The molecule has 78 valence electrons. The summed E-state index contributed by atoms with van der Waals surface area (Å²) in [6.45, 7) is 1.01. The normalized spacial score (nSPS) is 11.4. The average molecular weight is 203 g/mol. The molecule has 0 heterocycles. The summed E-state index contributed by atoms with van der Waals surface area (Å²) in [4.78, 5) is 0. The Morgan fingerprint density at radius 1 is 1.14 bits per heavy atom. The number of aryl methyl sites for hydroxylation is 1. The van der Waals surface area contributed by atoms with Gasteiger partial charge in [-0.15, -0.1) is 0 Å². The number of hydrogen-bond acceptors (Lipinski definition) is 1. The molecule has 0 aromatic heterocycles. The molecule has 0 spiro atoms. The molecular weight excluding hydrogens is 191 g/mol. The topological polar surface area (TPSA) is 12.0 Å². The predicted molar refractivity (Wildman–Crippen MR) is 50.4 cm³/mol. The van der Waals surface area contributed by atoms with Crippen molar-refractivity contribution in [3.63, 3.8) is 0 Å². The number of hydrogen-bond donors (Lipinski definition) is 1. The molecule has 0 aliphatic rings. The molecule has 0 unspecified atom stereocenters. The number of anilines is 1. The Kier molecular flexibility index (Phi) is 3.38. The second-order valence-corrected chi connectivity index (χ2v) is 3.02. The Bertz CT molecular complexity index is 276.